The van der Waals surface area contributed by atoms with Crippen LogP contribution in [0.5, 0.6) is 0 Å². The summed E-state index contributed by atoms with van der Waals surface area (Å²) in [6.07, 6.45) is 6.88. The van der Waals surface area contributed by atoms with Gasteiger partial charge in [-0.05, 0) is 42.7 Å². The number of aliphatic hydroxyl groups is 1. The van der Waals surface area contributed by atoms with Gasteiger partial charge in [0.05, 0.1) is 48.0 Å². The zero-order valence-corrected chi connectivity index (χ0v) is 19.5. The molecule has 1 aromatic carbocycles. The Balaban J connectivity index is 1.27. The molecule has 0 radical (unpaired) electrons. The first-order valence-corrected chi connectivity index (χ1v) is 11.9. The largest absolute Gasteiger partial charge is 0.391 e. The Morgan fingerprint density at radius 3 is 2.86 bits per heavy atom. The molecule has 1 spiro atoms. The van der Waals surface area contributed by atoms with Crippen molar-refractivity contribution in [2.45, 2.75) is 31.0 Å². The second kappa shape index (κ2) is 8.71. The average Bonchev–Trinajstić information content (AvgIpc) is 3.59. The number of hydrogen-bond donors (Lipinski definition) is 2. The van der Waals surface area contributed by atoms with Crippen molar-refractivity contribution in [3.8, 4) is 11.8 Å². The van der Waals surface area contributed by atoms with Gasteiger partial charge in [-0.2, -0.15) is 5.26 Å². The molecular weight excluding hydrogens is 463 g/mol. The van der Waals surface area contributed by atoms with Crippen molar-refractivity contribution in [2.75, 3.05) is 31.1 Å². The molecule has 2 atom stereocenters. The molecule has 3 aliphatic heterocycles. The second-order valence-corrected chi connectivity index (χ2v) is 9.56. The highest BCUT2D eigenvalue weighted by Crippen LogP contribution is 2.37. The third kappa shape index (κ3) is 3.91. The molecule has 9 nitrogen and oxygen atoms in total. The van der Waals surface area contributed by atoms with Crippen molar-refractivity contribution < 1.29 is 19.4 Å². The quantitative estimate of drug-likeness (QED) is 0.583. The lowest BCUT2D eigenvalue weighted by Gasteiger charge is -2.24. The summed E-state index contributed by atoms with van der Waals surface area (Å²) >= 11 is 0. The van der Waals surface area contributed by atoms with E-state index >= 15 is 0 Å². The first kappa shape index (κ1) is 22.7. The zero-order chi connectivity index (χ0) is 24.9. The van der Waals surface area contributed by atoms with Crippen molar-refractivity contribution in [3.63, 3.8) is 0 Å². The van der Waals surface area contributed by atoms with Crippen LogP contribution in [0.4, 0.5) is 15.9 Å². The van der Waals surface area contributed by atoms with Crippen LogP contribution >= 0.6 is 0 Å². The van der Waals surface area contributed by atoms with Crippen molar-refractivity contribution in [2.24, 2.45) is 4.99 Å². The number of anilines is 1. The van der Waals surface area contributed by atoms with Gasteiger partial charge in [-0.15, -0.1) is 0 Å². The Morgan fingerprint density at radius 1 is 1.22 bits per heavy atom. The number of aromatic nitrogens is 2. The fraction of sp³-hybridized carbons (Fsp3) is 0.346. The highest BCUT2D eigenvalue weighted by atomic mass is 19.1. The van der Waals surface area contributed by atoms with Crippen LogP contribution in [0.3, 0.4) is 0 Å². The first-order valence-electron chi connectivity index (χ1n) is 11.9. The van der Waals surface area contributed by atoms with E-state index in [-0.39, 0.29) is 16.9 Å². The first-order chi connectivity index (χ1) is 17.4. The molecule has 0 saturated carbocycles. The lowest BCUT2D eigenvalue weighted by atomic mass is 9.98. The number of halogens is 1. The van der Waals surface area contributed by atoms with Gasteiger partial charge in [-0.3, -0.25) is 5.21 Å². The van der Waals surface area contributed by atoms with Gasteiger partial charge >= 0.3 is 0 Å². The molecule has 2 aromatic heterocycles. The standard InChI is InChI=1S/C26H25FN6O3/c27-22-3-1-2-17(11-28)24(22)32-13-18-6-8-33(35)25(21(18)14-32)30-23-5-4-19(12-29-23)31-9-7-26(16-31)10-20(34)15-36-26/h1-5,12-14,20,34-35H,6-10,15-16H2/t20-,26-/m1/s1. The summed E-state index contributed by atoms with van der Waals surface area (Å²) in [7, 11) is 0. The molecule has 2 fully saturated rings. The zero-order valence-electron chi connectivity index (χ0n) is 19.5. The highest BCUT2D eigenvalue weighted by Gasteiger charge is 2.45. The number of nitriles is 1. The molecule has 3 aromatic rings. The minimum Gasteiger partial charge on any atom is -0.391 e. The fourth-order valence-electron chi connectivity index (χ4n) is 5.39. The van der Waals surface area contributed by atoms with Crippen LogP contribution in [0.15, 0.2) is 53.9 Å². The Morgan fingerprint density at radius 2 is 2.11 bits per heavy atom. The third-order valence-electron chi connectivity index (χ3n) is 7.18. The van der Waals surface area contributed by atoms with E-state index in [0.29, 0.717) is 49.8 Å². The normalized spacial score (nSPS) is 24.5. The number of para-hydroxylation sites is 1. The van der Waals surface area contributed by atoms with E-state index in [9.17, 15) is 20.0 Å². The number of benzene rings is 1. The van der Waals surface area contributed by atoms with Gasteiger partial charge in [0.15, 0.2) is 11.7 Å². The molecule has 3 aliphatic rings. The van der Waals surface area contributed by atoms with Crippen LogP contribution < -0.4 is 4.90 Å². The maximum absolute atomic E-state index is 14.6. The van der Waals surface area contributed by atoms with Gasteiger partial charge in [0.1, 0.15) is 11.9 Å². The predicted octanol–water partition coefficient (Wildman–Crippen LogP) is 2.94. The molecule has 2 saturated heterocycles. The Kier molecular flexibility index (Phi) is 5.48. The van der Waals surface area contributed by atoms with Crippen molar-refractivity contribution in [1.82, 2.24) is 14.6 Å². The highest BCUT2D eigenvalue weighted by molar-refractivity contribution is 6.01. The van der Waals surface area contributed by atoms with Crippen LogP contribution in [-0.4, -0.2) is 68.7 Å². The number of rotatable bonds is 3. The van der Waals surface area contributed by atoms with Gasteiger partial charge in [0.25, 0.3) is 0 Å². The minimum absolute atomic E-state index is 0.169. The number of amidine groups is 1. The summed E-state index contributed by atoms with van der Waals surface area (Å²) < 4.78 is 22.1. The summed E-state index contributed by atoms with van der Waals surface area (Å²) in [4.78, 5) is 11.3. The molecule has 5 heterocycles. The molecular formula is C26H25FN6O3. The van der Waals surface area contributed by atoms with Crippen LogP contribution in [0.1, 0.15) is 29.5 Å². The van der Waals surface area contributed by atoms with E-state index in [2.05, 4.69) is 14.9 Å². The molecule has 2 N–H and O–H groups in total. The number of aliphatic hydroxyl groups excluding tert-OH is 1. The Bertz CT molecular complexity index is 1380. The minimum atomic E-state index is -0.501. The van der Waals surface area contributed by atoms with Crippen LogP contribution in [-0.2, 0) is 11.2 Å². The molecule has 6 rings (SSSR count). The maximum atomic E-state index is 14.6. The lowest BCUT2D eigenvalue weighted by molar-refractivity contribution is -0.0151. The monoisotopic (exact) mass is 488 g/mol. The van der Waals surface area contributed by atoms with Crippen LogP contribution in [0, 0.1) is 17.1 Å². The SMILES string of the molecule is N#Cc1cccc(F)c1-n1cc2c(c1)C(=Nc1ccc(N3CC[C@@]4(C[C@@H](O)CO4)C3)cn1)N(O)CC2. The third-order valence-corrected chi connectivity index (χ3v) is 7.18. The summed E-state index contributed by atoms with van der Waals surface area (Å²) in [6, 6.07) is 10.2. The van der Waals surface area contributed by atoms with Gasteiger partial charge < -0.3 is 19.3 Å². The number of nitrogens with zero attached hydrogens (tertiary/aromatic N) is 6. The van der Waals surface area contributed by atoms with Crippen molar-refractivity contribution in [1.29, 1.82) is 5.26 Å². The number of hydroxylamine groups is 2. The summed E-state index contributed by atoms with van der Waals surface area (Å²) in [6.45, 7) is 2.25. The van der Waals surface area contributed by atoms with Crippen molar-refractivity contribution in [3.05, 3.63) is 71.4 Å². The van der Waals surface area contributed by atoms with Crippen molar-refractivity contribution >= 4 is 17.3 Å². The van der Waals surface area contributed by atoms with Gasteiger partial charge in [0, 0.05) is 37.5 Å². The summed E-state index contributed by atoms with van der Waals surface area (Å²) in [5, 5.41) is 31.0. The molecule has 36 heavy (non-hydrogen) atoms. The van der Waals surface area contributed by atoms with E-state index < -0.39 is 11.9 Å². The molecule has 0 bridgehead atoms. The van der Waals surface area contributed by atoms with Gasteiger partial charge in [0.2, 0.25) is 0 Å². The molecule has 10 heteroatoms. The number of ether oxygens (including phenoxy) is 1. The average molecular weight is 489 g/mol. The predicted molar refractivity (Wildman–Crippen MR) is 129 cm³/mol. The van der Waals surface area contributed by atoms with E-state index in [1.165, 1.54) is 12.1 Å². The molecule has 0 unspecified atom stereocenters. The Labute approximate surface area is 207 Å². The smallest absolute Gasteiger partial charge is 0.163 e. The number of aliphatic imine (C=N–C) groups is 1. The van der Waals surface area contributed by atoms with E-state index in [0.717, 1.165) is 29.3 Å². The fourth-order valence-corrected chi connectivity index (χ4v) is 5.39. The number of fused-ring (bicyclic) bond motifs is 1. The van der Waals surface area contributed by atoms with Crippen LogP contribution in [0.2, 0.25) is 0 Å². The van der Waals surface area contributed by atoms with E-state index in [4.69, 9.17) is 4.74 Å². The molecule has 0 amide bonds. The summed E-state index contributed by atoms with van der Waals surface area (Å²) in [5.74, 6) is 0.247. The molecule has 0 aliphatic carbocycles. The maximum Gasteiger partial charge on any atom is 0.163 e. The Hall–Kier alpha value is -3.78. The summed E-state index contributed by atoms with van der Waals surface area (Å²) in [5.41, 5.74) is 2.60. The number of pyridine rings is 1. The number of hydrogen-bond acceptors (Lipinski definition) is 7. The lowest BCUT2D eigenvalue weighted by Crippen LogP contribution is -2.34. The van der Waals surface area contributed by atoms with Gasteiger partial charge in [-0.1, -0.05) is 6.07 Å². The van der Waals surface area contributed by atoms with Gasteiger partial charge in [-0.25, -0.2) is 19.4 Å². The second-order valence-electron chi connectivity index (χ2n) is 9.56. The van der Waals surface area contributed by atoms with E-state index in [1.54, 1.807) is 35.3 Å². The van der Waals surface area contributed by atoms with E-state index in [1.807, 2.05) is 12.1 Å². The van der Waals surface area contributed by atoms with Crippen LogP contribution in [0.25, 0.3) is 5.69 Å². The topological polar surface area (TPSA) is 110 Å². The molecule has 184 valence electrons.